The molecule has 1 fully saturated rings. The lowest BCUT2D eigenvalue weighted by Crippen LogP contribution is -2.40. The minimum absolute atomic E-state index is 0.0275. The minimum Gasteiger partial charge on any atom is -0.342 e. The zero-order valence-electron chi connectivity index (χ0n) is 16.5. The number of H-pyrrole nitrogens is 1. The molecular formula is C23H24N4O2. The van der Waals surface area contributed by atoms with E-state index in [1.54, 1.807) is 12.4 Å². The molecular weight excluding hydrogens is 364 g/mol. The number of aryl methyl sites for hydroxylation is 1. The van der Waals surface area contributed by atoms with Crippen molar-refractivity contribution in [3.05, 3.63) is 82.2 Å². The van der Waals surface area contributed by atoms with Gasteiger partial charge >= 0.3 is 0 Å². The highest BCUT2D eigenvalue weighted by Gasteiger charge is 2.26. The fourth-order valence-electron chi connectivity index (χ4n) is 3.88. The zero-order valence-corrected chi connectivity index (χ0v) is 16.5. The summed E-state index contributed by atoms with van der Waals surface area (Å²) < 4.78 is 0. The van der Waals surface area contributed by atoms with Crippen molar-refractivity contribution in [2.45, 2.75) is 32.1 Å². The van der Waals surface area contributed by atoms with Gasteiger partial charge in [-0.15, -0.1) is 0 Å². The van der Waals surface area contributed by atoms with E-state index in [1.165, 1.54) is 6.07 Å². The van der Waals surface area contributed by atoms with Crippen molar-refractivity contribution in [3.8, 4) is 11.3 Å². The summed E-state index contributed by atoms with van der Waals surface area (Å²) in [6, 6.07) is 13.2. The fraction of sp³-hybridized carbons (Fsp3) is 0.304. The normalized spacial score (nSPS) is 16.6. The van der Waals surface area contributed by atoms with Gasteiger partial charge in [0.1, 0.15) is 5.82 Å². The largest absolute Gasteiger partial charge is 0.342 e. The Hall–Kier alpha value is -3.28. The number of carbonyl (C=O) groups excluding carboxylic acids is 1. The number of aromatic amines is 1. The van der Waals surface area contributed by atoms with Crippen LogP contribution >= 0.6 is 0 Å². The number of rotatable bonds is 4. The van der Waals surface area contributed by atoms with Crippen molar-refractivity contribution in [1.29, 1.82) is 0 Å². The van der Waals surface area contributed by atoms with Crippen molar-refractivity contribution < 1.29 is 4.79 Å². The van der Waals surface area contributed by atoms with Crippen LogP contribution in [0, 0.1) is 6.92 Å². The highest BCUT2D eigenvalue weighted by atomic mass is 16.2. The summed E-state index contributed by atoms with van der Waals surface area (Å²) in [5.74, 6) is 0.796. The predicted molar refractivity (Wildman–Crippen MR) is 112 cm³/mol. The SMILES string of the molecule is Cc1cccc(CC(=O)N2CCCC(c3nc(-c4ccncc4)cc(=O)[nH]3)C2)c1. The molecule has 2 aromatic heterocycles. The number of amides is 1. The molecule has 1 unspecified atom stereocenters. The van der Waals surface area contributed by atoms with Gasteiger partial charge in [-0.25, -0.2) is 4.98 Å². The Bertz CT molecular complexity index is 1060. The first-order chi connectivity index (χ1) is 14.1. The molecule has 29 heavy (non-hydrogen) atoms. The molecule has 3 aromatic rings. The number of aromatic nitrogens is 3. The van der Waals surface area contributed by atoms with E-state index in [2.05, 4.69) is 16.0 Å². The van der Waals surface area contributed by atoms with Gasteiger partial charge in [0.05, 0.1) is 12.1 Å². The van der Waals surface area contributed by atoms with Crippen LogP contribution in [0.25, 0.3) is 11.3 Å². The summed E-state index contributed by atoms with van der Waals surface area (Å²) in [5.41, 5.74) is 3.50. The zero-order chi connectivity index (χ0) is 20.2. The lowest BCUT2D eigenvalue weighted by Gasteiger charge is -2.32. The molecule has 0 aliphatic carbocycles. The fourth-order valence-corrected chi connectivity index (χ4v) is 3.88. The molecule has 4 rings (SSSR count). The van der Waals surface area contributed by atoms with E-state index in [9.17, 15) is 9.59 Å². The lowest BCUT2D eigenvalue weighted by atomic mass is 9.96. The molecule has 0 bridgehead atoms. The van der Waals surface area contributed by atoms with Crippen LogP contribution in [0.3, 0.4) is 0 Å². The van der Waals surface area contributed by atoms with Crippen LogP contribution in [-0.2, 0) is 11.2 Å². The number of carbonyl (C=O) groups is 1. The summed E-state index contributed by atoms with van der Waals surface area (Å²) in [4.78, 5) is 38.6. The number of pyridine rings is 1. The van der Waals surface area contributed by atoms with E-state index < -0.39 is 0 Å². The first kappa shape index (κ1) is 19.1. The van der Waals surface area contributed by atoms with Gasteiger partial charge in [0.2, 0.25) is 5.91 Å². The molecule has 0 spiro atoms. The van der Waals surface area contributed by atoms with Crippen LogP contribution in [0.15, 0.2) is 59.7 Å². The van der Waals surface area contributed by atoms with Crippen LogP contribution in [0.1, 0.15) is 35.7 Å². The molecule has 0 saturated carbocycles. The molecule has 0 radical (unpaired) electrons. The Morgan fingerprint density at radius 2 is 2.03 bits per heavy atom. The van der Waals surface area contributed by atoms with E-state index in [-0.39, 0.29) is 17.4 Å². The standard InChI is InChI=1S/C23H24N4O2/c1-16-4-2-5-17(12-16)13-22(29)27-11-3-6-19(15-27)23-25-20(14-21(28)26-23)18-7-9-24-10-8-18/h2,4-5,7-10,12,14,19H,3,6,11,13,15H2,1H3,(H,25,26,28). The van der Waals surface area contributed by atoms with E-state index in [1.807, 2.05) is 42.2 Å². The predicted octanol–water partition coefficient (Wildman–Crippen LogP) is 3.09. The second-order valence-electron chi connectivity index (χ2n) is 7.60. The molecule has 1 amide bonds. The number of nitrogens with zero attached hydrogens (tertiary/aromatic N) is 3. The van der Waals surface area contributed by atoms with E-state index >= 15 is 0 Å². The van der Waals surface area contributed by atoms with Crippen molar-refractivity contribution in [1.82, 2.24) is 19.9 Å². The van der Waals surface area contributed by atoms with Gasteiger partial charge in [0.25, 0.3) is 5.56 Å². The molecule has 1 aliphatic rings. The van der Waals surface area contributed by atoms with Crippen molar-refractivity contribution in [3.63, 3.8) is 0 Å². The third-order valence-electron chi connectivity index (χ3n) is 5.33. The highest BCUT2D eigenvalue weighted by Crippen LogP contribution is 2.26. The van der Waals surface area contributed by atoms with E-state index in [0.29, 0.717) is 24.5 Å². The maximum absolute atomic E-state index is 12.8. The number of hydrogen-bond acceptors (Lipinski definition) is 4. The Labute approximate surface area is 169 Å². The van der Waals surface area contributed by atoms with Crippen LogP contribution in [-0.4, -0.2) is 38.8 Å². The van der Waals surface area contributed by atoms with Gasteiger partial charge in [0, 0.05) is 43.0 Å². The van der Waals surface area contributed by atoms with Crippen LogP contribution in [0.2, 0.25) is 0 Å². The molecule has 148 valence electrons. The first-order valence-corrected chi connectivity index (χ1v) is 9.93. The molecule has 1 saturated heterocycles. The molecule has 6 nitrogen and oxygen atoms in total. The number of likely N-dealkylation sites (tertiary alicyclic amines) is 1. The van der Waals surface area contributed by atoms with E-state index in [0.717, 1.165) is 36.1 Å². The van der Waals surface area contributed by atoms with Crippen LogP contribution < -0.4 is 5.56 Å². The minimum atomic E-state index is -0.176. The van der Waals surface area contributed by atoms with Crippen molar-refractivity contribution in [2.75, 3.05) is 13.1 Å². The molecule has 1 atom stereocenters. The summed E-state index contributed by atoms with van der Waals surface area (Å²) in [6.07, 6.45) is 5.56. The van der Waals surface area contributed by atoms with Gasteiger partial charge in [-0.1, -0.05) is 29.8 Å². The molecule has 1 aromatic carbocycles. The number of nitrogens with one attached hydrogen (secondary N) is 1. The Kier molecular flexibility index (Phi) is 5.51. The molecule has 1 aliphatic heterocycles. The second kappa shape index (κ2) is 8.39. The van der Waals surface area contributed by atoms with Crippen molar-refractivity contribution >= 4 is 5.91 Å². The lowest BCUT2D eigenvalue weighted by molar-refractivity contribution is -0.131. The topological polar surface area (TPSA) is 79.0 Å². The smallest absolute Gasteiger partial charge is 0.251 e. The maximum Gasteiger partial charge on any atom is 0.251 e. The average Bonchev–Trinajstić information content (AvgIpc) is 2.74. The molecule has 1 N–H and O–H groups in total. The van der Waals surface area contributed by atoms with Gasteiger partial charge < -0.3 is 9.88 Å². The van der Waals surface area contributed by atoms with Crippen LogP contribution in [0.4, 0.5) is 0 Å². The maximum atomic E-state index is 12.8. The average molecular weight is 388 g/mol. The molecule has 6 heteroatoms. The summed E-state index contributed by atoms with van der Waals surface area (Å²) in [7, 11) is 0. The Morgan fingerprint density at radius 3 is 2.83 bits per heavy atom. The van der Waals surface area contributed by atoms with Gasteiger partial charge in [0.15, 0.2) is 0 Å². The van der Waals surface area contributed by atoms with Gasteiger partial charge in [-0.3, -0.25) is 14.6 Å². The third kappa shape index (κ3) is 4.59. The molecule has 3 heterocycles. The highest BCUT2D eigenvalue weighted by molar-refractivity contribution is 5.79. The first-order valence-electron chi connectivity index (χ1n) is 9.93. The Balaban J connectivity index is 1.52. The van der Waals surface area contributed by atoms with Gasteiger partial charge in [-0.05, 0) is 37.5 Å². The monoisotopic (exact) mass is 388 g/mol. The summed E-state index contributed by atoms with van der Waals surface area (Å²) in [5, 5.41) is 0. The number of hydrogen-bond donors (Lipinski definition) is 1. The van der Waals surface area contributed by atoms with Gasteiger partial charge in [-0.2, -0.15) is 0 Å². The second-order valence-corrected chi connectivity index (χ2v) is 7.60. The summed E-state index contributed by atoms with van der Waals surface area (Å²) >= 11 is 0. The number of benzene rings is 1. The third-order valence-corrected chi connectivity index (χ3v) is 5.33. The van der Waals surface area contributed by atoms with Crippen LogP contribution in [0.5, 0.6) is 0 Å². The Morgan fingerprint density at radius 1 is 1.21 bits per heavy atom. The number of piperidine rings is 1. The quantitative estimate of drug-likeness (QED) is 0.745. The van der Waals surface area contributed by atoms with E-state index in [4.69, 9.17) is 4.98 Å². The van der Waals surface area contributed by atoms with Crippen molar-refractivity contribution in [2.24, 2.45) is 0 Å². The summed E-state index contributed by atoms with van der Waals surface area (Å²) in [6.45, 7) is 3.35.